The van der Waals surface area contributed by atoms with Crippen LogP contribution >= 0.6 is 0 Å². The molecule has 1 aliphatic carbocycles. The summed E-state index contributed by atoms with van der Waals surface area (Å²) in [7, 11) is 0. The van der Waals surface area contributed by atoms with Crippen LogP contribution in [0.4, 0.5) is 0 Å². The fourth-order valence-corrected chi connectivity index (χ4v) is 2.73. The minimum absolute atomic E-state index is 0.187. The zero-order valence-electron chi connectivity index (χ0n) is 10.4. The van der Waals surface area contributed by atoms with Crippen LogP contribution in [0.25, 0.3) is 0 Å². The third-order valence-corrected chi connectivity index (χ3v) is 3.54. The number of nitrogens with two attached hydrogens (primary N) is 1. The smallest absolute Gasteiger partial charge is 0.123 e. The van der Waals surface area contributed by atoms with E-state index in [1.807, 2.05) is 6.92 Å². The summed E-state index contributed by atoms with van der Waals surface area (Å²) < 4.78 is 5.72. The average molecular weight is 219 g/mol. The van der Waals surface area contributed by atoms with Gasteiger partial charge in [0.05, 0.1) is 6.61 Å². The summed E-state index contributed by atoms with van der Waals surface area (Å²) in [4.78, 5) is 0. The number of hydrogen-bond acceptors (Lipinski definition) is 2. The lowest BCUT2D eigenvalue weighted by Gasteiger charge is -2.30. The molecular formula is C14H21NO. The van der Waals surface area contributed by atoms with Crippen LogP contribution < -0.4 is 10.5 Å². The molecule has 1 aromatic carbocycles. The molecule has 0 aliphatic heterocycles. The van der Waals surface area contributed by atoms with Gasteiger partial charge in [-0.1, -0.05) is 13.0 Å². The van der Waals surface area contributed by atoms with Crippen LogP contribution in [-0.4, -0.2) is 6.61 Å². The number of fused-ring (bicyclic) bond motifs is 1. The molecule has 1 aromatic rings. The molecule has 0 saturated heterocycles. The highest BCUT2D eigenvalue weighted by atomic mass is 16.5. The van der Waals surface area contributed by atoms with Gasteiger partial charge in [-0.15, -0.1) is 0 Å². The average Bonchev–Trinajstić information content (AvgIpc) is 2.26. The van der Waals surface area contributed by atoms with Gasteiger partial charge in [0.25, 0.3) is 0 Å². The molecule has 0 heterocycles. The highest BCUT2D eigenvalue weighted by molar-refractivity contribution is 5.49. The predicted molar refractivity (Wildman–Crippen MR) is 66.9 cm³/mol. The van der Waals surface area contributed by atoms with Crippen LogP contribution in [-0.2, 0) is 0 Å². The third kappa shape index (κ3) is 1.82. The predicted octanol–water partition coefficient (Wildman–Crippen LogP) is 3.29. The highest BCUT2D eigenvalue weighted by Crippen LogP contribution is 2.42. The Balaban J connectivity index is 2.55. The maximum absolute atomic E-state index is 6.22. The Morgan fingerprint density at radius 1 is 1.31 bits per heavy atom. The van der Waals surface area contributed by atoms with Crippen molar-refractivity contribution in [2.75, 3.05) is 6.61 Å². The Morgan fingerprint density at radius 2 is 2.06 bits per heavy atom. The van der Waals surface area contributed by atoms with Gasteiger partial charge in [-0.05, 0) is 49.8 Å². The van der Waals surface area contributed by atoms with Crippen LogP contribution in [0.2, 0.25) is 0 Å². The van der Waals surface area contributed by atoms with Gasteiger partial charge in [-0.3, -0.25) is 0 Å². The van der Waals surface area contributed by atoms with Crippen LogP contribution in [0, 0.1) is 6.92 Å². The van der Waals surface area contributed by atoms with E-state index in [4.69, 9.17) is 10.5 Å². The van der Waals surface area contributed by atoms with Gasteiger partial charge >= 0.3 is 0 Å². The lowest BCUT2D eigenvalue weighted by atomic mass is 9.79. The van der Waals surface area contributed by atoms with Gasteiger partial charge in [-0.25, -0.2) is 0 Å². The minimum atomic E-state index is 0.187. The standard InChI is InChI=1S/C14H21NO/c1-4-16-12-8-6-9(2)13-11(15)7-5-10(3)14(12)13/h6,8,10-11H,4-5,7,15H2,1-3H3/t10?,11-/m0/s1. The Bertz CT molecular complexity index is 387. The molecule has 2 heteroatoms. The molecule has 1 unspecified atom stereocenters. The maximum atomic E-state index is 6.22. The van der Waals surface area contributed by atoms with Crippen molar-refractivity contribution in [1.82, 2.24) is 0 Å². The fourth-order valence-electron chi connectivity index (χ4n) is 2.73. The summed E-state index contributed by atoms with van der Waals surface area (Å²) >= 11 is 0. The first-order valence-electron chi connectivity index (χ1n) is 6.17. The Morgan fingerprint density at radius 3 is 2.75 bits per heavy atom. The van der Waals surface area contributed by atoms with Gasteiger partial charge in [0.2, 0.25) is 0 Å². The van der Waals surface area contributed by atoms with Gasteiger partial charge < -0.3 is 10.5 Å². The summed E-state index contributed by atoms with van der Waals surface area (Å²) in [6, 6.07) is 4.40. The second-order valence-corrected chi connectivity index (χ2v) is 4.73. The SMILES string of the molecule is CCOc1ccc(C)c2c1C(C)CC[C@@H]2N. The number of ether oxygens (including phenoxy) is 1. The van der Waals surface area contributed by atoms with E-state index in [1.165, 1.54) is 16.7 Å². The Labute approximate surface area is 97.8 Å². The van der Waals surface area contributed by atoms with Crippen molar-refractivity contribution < 1.29 is 4.74 Å². The quantitative estimate of drug-likeness (QED) is 0.828. The van der Waals surface area contributed by atoms with Gasteiger partial charge in [-0.2, -0.15) is 0 Å². The van der Waals surface area contributed by atoms with Gasteiger partial charge in [0, 0.05) is 11.6 Å². The molecule has 0 radical (unpaired) electrons. The van der Waals surface area contributed by atoms with E-state index in [9.17, 15) is 0 Å². The van der Waals surface area contributed by atoms with Crippen molar-refractivity contribution in [3.05, 3.63) is 28.8 Å². The van der Waals surface area contributed by atoms with Crippen molar-refractivity contribution in [1.29, 1.82) is 0 Å². The van der Waals surface area contributed by atoms with Crippen molar-refractivity contribution in [2.45, 2.75) is 45.6 Å². The van der Waals surface area contributed by atoms with Crippen molar-refractivity contribution >= 4 is 0 Å². The summed E-state index contributed by atoms with van der Waals surface area (Å²) in [5.41, 5.74) is 10.2. The maximum Gasteiger partial charge on any atom is 0.123 e. The van der Waals surface area contributed by atoms with Crippen LogP contribution in [0.5, 0.6) is 5.75 Å². The zero-order valence-corrected chi connectivity index (χ0v) is 10.4. The van der Waals surface area contributed by atoms with Crippen LogP contribution in [0.3, 0.4) is 0 Å². The Kier molecular flexibility index (Phi) is 3.20. The van der Waals surface area contributed by atoms with Crippen molar-refractivity contribution in [3.63, 3.8) is 0 Å². The van der Waals surface area contributed by atoms with E-state index in [1.54, 1.807) is 0 Å². The van der Waals surface area contributed by atoms with E-state index in [0.717, 1.165) is 25.2 Å². The van der Waals surface area contributed by atoms with Gasteiger partial charge in [0.1, 0.15) is 5.75 Å². The molecule has 0 spiro atoms. The monoisotopic (exact) mass is 219 g/mol. The van der Waals surface area contributed by atoms with Crippen LogP contribution in [0.15, 0.2) is 12.1 Å². The Hall–Kier alpha value is -1.02. The van der Waals surface area contributed by atoms with E-state index in [0.29, 0.717) is 5.92 Å². The number of hydrogen-bond donors (Lipinski definition) is 1. The number of rotatable bonds is 2. The normalized spacial score (nSPS) is 24.0. The highest BCUT2D eigenvalue weighted by Gasteiger charge is 2.26. The van der Waals surface area contributed by atoms with Gasteiger partial charge in [0.15, 0.2) is 0 Å². The summed E-state index contributed by atoms with van der Waals surface area (Å²) in [6.07, 6.45) is 2.25. The molecule has 0 aromatic heterocycles. The van der Waals surface area contributed by atoms with Crippen molar-refractivity contribution in [2.24, 2.45) is 5.73 Å². The van der Waals surface area contributed by atoms with Crippen LogP contribution in [0.1, 0.15) is 55.3 Å². The molecule has 2 rings (SSSR count). The molecular weight excluding hydrogens is 198 g/mol. The number of aryl methyl sites for hydroxylation is 1. The van der Waals surface area contributed by atoms with E-state index < -0.39 is 0 Å². The topological polar surface area (TPSA) is 35.2 Å². The van der Waals surface area contributed by atoms with E-state index in [2.05, 4.69) is 26.0 Å². The molecule has 0 fully saturated rings. The second-order valence-electron chi connectivity index (χ2n) is 4.73. The molecule has 2 atom stereocenters. The first-order chi connectivity index (χ1) is 7.65. The molecule has 0 saturated carbocycles. The lowest BCUT2D eigenvalue weighted by molar-refractivity contribution is 0.329. The second kappa shape index (κ2) is 4.46. The summed E-state index contributed by atoms with van der Waals surface area (Å²) in [5, 5.41) is 0. The van der Waals surface area contributed by atoms with E-state index >= 15 is 0 Å². The van der Waals surface area contributed by atoms with E-state index in [-0.39, 0.29) is 6.04 Å². The third-order valence-electron chi connectivity index (χ3n) is 3.54. The zero-order chi connectivity index (χ0) is 11.7. The molecule has 2 N–H and O–H groups in total. The largest absolute Gasteiger partial charge is 0.494 e. The fraction of sp³-hybridized carbons (Fsp3) is 0.571. The molecule has 16 heavy (non-hydrogen) atoms. The molecule has 88 valence electrons. The minimum Gasteiger partial charge on any atom is -0.494 e. The number of benzene rings is 1. The molecule has 1 aliphatic rings. The molecule has 0 bridgehead atoms. The lowest BCUT2D eigenvalue weighted by Crippen LogP contribution is -2.21. The summed E-state index contributed by atoms with van der Waals surface area (Å²) in [6.45, 7) is 7.16. The summed E-state index contributed by atoms with van der Waals surface area (Å²) in [5.74, 6) is 1.60. The molecule has 2 nitrogen and oxygen atoms in total. The first kappa shape index (κ1) is 11.5. The van der Waals surface area contributed by atoms with Crippen molar-refractivity contribution in [3.8, 4) is 5.75 Å². The molecule has 0 amide bonds. The first-order valence-corrected chi connectivity index (χ1v) is 6.17.